The molecular formula is C10H11NO3. The van der Waals surface area contributed by atoms with E-state index in [0.29, 0.717) is 5.56 Å². The lowest BCUT2D eigenvalue weighted by molar-refractivity contribution is -0.136. The third-order valence-corrected chi connectivity index (χ3v) is 1.76. The number of amides is 1. The van der Waals surface area contributed by atoms with Crippen molar-refractivity contribution in [3.8, 4) is 0 Å². The maximum absolute atomic E-state index is 10.6. The normalized spacial score (nSPS) is 9.71. The van der Waals surface area contributed by atoms with E-state index in [9.17, 15) is 9.59 Å². The Bertz CT molecular complexity index is 308. The molecular weight excluding hydrogens is 182 g/mol. The molecule has 0 radical (unpaired) electrons. The van der Waals surface area contributed by atoms with Crippen LogP contribution in [0, 0.1) is 0 Å². The second kappa shape index (κ2) is 4.41. The van der Waals surface area contributed by atoms with E-state index in [0.717, 1.165) is 5.56 Å². The predicted molar refractivity (Wildman–Crippen MR) is 50.7 cm³/mol. The molecule has 0 saturated heterocycles. The van der Waals surface area contributed by atoms with Gasteiger partial charge in [0.15, 0.2) is 0 Å². The number of carboxylic acids is 1. The van der Waals surface area contributed by atoms with Crippen LogP contribution in [0.4, 0.5) is 0 Å². The topological polar surface area (TPSA) is 80.4 Å². The lowest BCUT2D eigenvalue weighted by atomic mass is 10.1. The van der Waals surface area contributed by atoms with Crippen molar-refractivity contribution >= 4 is 11.9 Å². The molecule has 3 N–H and O–H groups in total. The first-order valence-corrected chi connectivity index (χ1v) is 4.16. The number of primary amides is 1. The Balaban J connectivity index is 2.68. The summed E-state index contributed by atoms with van der Waals surface area (Å²) < 4.78 is 0. The van der Waals surface area contributed by atoms with E-state index in [1.807, 2.05) is 0 Å². The molecule has 14 heavy (non-hydrogen) atoms. The van der Waals surface area contributed by atoms with Gasteiger partial charge in [-0.25, -0.2) is 0 Å². The third kappa shape index (κ3) is 3.26. The van der Waals surface area contributed by atoms with Crippen molar-refractivity contribution in [1.29, 1.82) is 0 Å². The summed E-state index contributed by atoms with van der Waals surface area (Å²) >= 11 is 0. The lowest BCUT2D eigenvalue weighted by Crippen LogP contribution is -2.13. The van der Waals surface area contributed by atoms with Crippen LogP contribution in [-0.4, -0.2) is 17.0 Å². The minimum atomic E-state index is -0.868. The number of carboxylic acid groups (broad SMARTS) is 1. The van der Waals surface area contributed by atoms with Crippen LogP contribution in [0.1, 0.15) is 11.1 Å². The van der Waals surface area contributed by atoms with Gasteiger partial charge in [-0.2, -0.15) is 0 Å². The fraction of sp³-hybridized carbons (Fsp3) is 0.200. The van der Waals surface area contributed by atoms with E-state index in [-0.39, 0.29) is 12.8 Å². The number of rotatable bonds is 4. The van der Waals surface area contributed by atoms with E-state index >= 15 is 0 Å². The second-order valence-corrected chi connectivity index (χ2v) is 3.03. The van der Waals surface area contributed by atoms with Gasteiger partial charge in [-0.05, 0) is 11.1 Å². The van der Waals surface area contributed by atoms with Crippen molar-refractivity contribution in [2.45, 2.75) is 12.8 Å². The van der Waals surface area contributed by atoms with E-state index in [1.54, 1.807) is 24.3 Å². The Labute approximate surface area is 81.3 Å². The van der Waals surface area contributed by atoms with Crippen LogP contribution in [0.3, 0.4) is 0 Å². The number of aliphatic carboxylic acids is 1. The molecule has 0 fully saturated rings. The molecule has 0 bridgehead atoms. The van der Waals surface area contributed by atoms with E-state index in [2.05, 4.69) is 0 Å². The van der Waals surface area contributed by atoms with Crippen LogP contribution in [0.5, 0.6) is 0 Å². The Hall–Kier alpha value is -1.84. The van der Waals surface area contributed by atoms with Crippen molar-refractivity contribution < 1.29 is 14.7 Å². The molecule has 74 valence electrons. The highest BCUT2D eigenvalue weighted by Crippen LogP contribution is 2.05. The number of carbonyl (C=O) groups excluding carboxylic acids is 1. The monoisotopic (exact) mass is 193 g/mol. The number of carbonyl (C=O) groups is 2. The van der Waals surface area contributed by atoms with Gasteiger partial charge in [0.1, 0.15) is 0 Å². The maximum Gasteiger partial charge on any atom is 0.307 e. The van der Waals surface area contributed by atoms with Crippen LogP contribution in [-0.2, 0) is 22.4 Å². The molecule has 4 nitrogen and oxygen atoms in total. The SMILES string of the molecule is NC(=O)Cc1ccc(CC(=O)O)cc1. The molecule has 1 rings (SSSR count). The summed E-state index contributed by atoms with van der Waals surface area (Å²) in [6.45, 7) is 0. The number of hydrogen-bond acceptors (Lipinski definition) is 2. The zero-order valence-electron chi connectivity index (χ0n) is 7.56. The lowest BCUT2D eigenvalue weighted by Gasteiger charge is -1.99. The molecule has 0 aliphatic carbocycles. The second-order valence-electron chi connectivity index (χ2n) is 3.03. The number of hydrogen-bond donors (Lipinski definition) is 2. The molecule has 0 heterocycles. The third-order valence-electron chi connectivity index (χ3n) is 1.76. The highest BCUT2D eigenvalue weighted by molar-refractivity contribution is 5.76. The van der Waals surface area contributed by atoms with E-state index < -0.39 is 11.9 Å². The molecule has 0 unspecified atom stereocenters. The quantitative estimate of drug-likeness (QED) is 0.723. The molecule has 0 spiro atoms. The average molecular weight is 193 g/mol. The standard InChI is InChI=1S/C10H11NO3/c11-9(12)5-7-1-3-8(4-2-7)6-10(13)14/h1-4H,5-6H2,(H2,11,12)(H,13,14). The van der Waals surface area contributed by atoms with Gasteiger partial charge in [0.05, 0.1) is 12.8 Å². The first-order chi connectivity index (χ1) is 6.58. The smallest absolute Gasteiger partial charge is 0.307 e. The van der Waals surface area contributed by atoms with Crippen LogP contribution in [0.2, 0.25) is 0 Å². The molecule has 0 aromatic heterocycles. The Morgan fingerprint density at radius 2 is 1.50 bits per heavy atom. The molecule has 0 aliphatic heterocycles. The van der Waals surface area contributed by atoms with Crippen molar-refractivity contribution in [1.82, 2.24) is 0 Å². The number of nitrogens with two attached hydrogens (primary N) is 1. The molecule has 4 heteroatoms. The zero-order valence-corrected chi connectivity index (χ0v) is 7.56. The minimum absolute atomic E-state index is 0.00312. The highest BCUT2D eigenvalue weighted by Gasteiger charge is 2.01. The molecule has 1 aromatic rings. The van der Waals surface area contributed by atoms with Crippen molar-refractivity contribution in [3.05, 3.63) is 35.4 Å². The highest BCUT2D eigenvalue weighted by atomic mass is 16.4. The summed E-state index contributed by atoms with van der Waals surface area (Å²) in [7, 11) is 0. The van der Waals surface area contributed by atoms with Gasteiger partial charge in [-0.1, -0.05) is 24.3 Å². The summed E-state index contributed by atoms with van der Waals surface area (Å²) in [6.07, 6.45) is 0.185. The summed E-state index contributed by atoms with van der Waals surface area (Å²) in [6, 6.07) is 6.80. The predicted octanol–water partition coefficient (Wildman–Crippen LogP) is 0.341. The summed E-state index contributed by atoms with van der Waals surface area (Å²) in [5.74, 6) is -1.26. The minimum Gasteiger partial charge on any atom is -0.481 e. The van der Waals surface area contributed by atoms with Gasteiger partial charge < -0.3 is 10.8 Å². The van der Waals surface area contributed by atoms with Gasteiger partial charge in [0, 0.05) is 0 Å². The van der Waals surface area contributed by atoms with Crippen LogP contribution < -0.4 is 5.73 Å². The van der Waals surface area contributed by atoms with Gasteiger partial charge in [0.25, 0.3) is 0 Å². The molecule has 0 atom stereocenters. The zero-order chi connectivity index (χ0) is 10.6. The molecule has 0 aliphatic rings. The Morgan fingerprint density at radius 3 is 1.86 bits per heavy atom. The van der Waals surface area contributed by atoms with E-state index in [1.165, 1.54) is 0 Å². The first-order valence-electron chi connectivity index (χ1n) is 4.16. The summed E-state index contributed by atoms with van der Waals surface area (Å²) in [5, 5.41) is 8.51. The van der Waals surface area contributed by atoms with Crippen molar-refractivity contribution in [2.24, 2.45) is 5.73 Å². The van der Waals surface area contributed by atoms with Gasteiger partial charge in [-0.3, -0.25) is 9.59 Å². The van der Waals surface area contributed by atoms with Crippen molar-refractivity contribution in [2.75, 3.05) is 0 Å². The van der Waals surface area contributed by atoms with Crippen molar-refractivity contribution in [3.63, 3.8) is 0 Å². The largest absolute Gasteiger partial charge is 0.481 e. The summed E-state index contributed by atoms with van der Waals surface area (Å²) in [4.78, 5) is 20.9. The van der Waals surface area contributed by atoms with Crippen LogP contribution >= 0.6 is 0 Å². The summed E-state index contributed by atoms with van der Waals surface area (Å²) in [5.41, 5.74) is 6.52. The van der Waals surface area contributed by atoms with E-state index in [4.69, 9.17) is 10.8 Å². The van der Waals surface area contributed by atoms with Gasteiger partial charge in [-0.15, -0.1) is 0 Å². The van der Waals surface area contributed by atoms with Crippen LogP contribution in [0.25, 0.3) is 0 Å². The number of benzene rings is 1. The average Bonchev–Trinajstić information content (AvgIpc) is 2.06. The van der Waals surface area contributed by atoms with Crippen LogP contribution in [0.15, 0.2) is 24.3 Å². The molecule has 1 aromatic carbocycles. The Kier molecular flexibility index (Phi) is 3.23. The van der Waals surface area contributed by atoms with Gasteiger partial charge >= 0.3 is 5.97 Å². The Morgan fingerprint density at radius 1 is 1.07 bits per heavy atom. The first kappa shape index (κ1) is 10.2. The fourth-order valence-corrected chi connectivity index (χ4v) is 1.15. The fourth-order valence-electron chi connectivity index (χ4n) is 1.15. The maximum atomic E-state index is 10.6. The molecule has 0 saturated carbocycles. The molecule has 1 amide bonds. The van der Waals surface area contributed by atoms with Gasteiger partial charge in [0.2, 0.25) is 5.91 Å².